The molecule has 2 heteroatoms. The normalized spacial score (nSPS) is 17.5. The van der Waals surface area contributed by atoms with E-state index in [-0.39, 0.29) is 0 Å². The first-order valence-electron chi connectivity index (χ1n) is 4.62. The van der Waals surface area contributed by atoms with Gasteiger partial charge in [0.05, 0.1) is 0 Å². The molecule has 1 aliphatic rings. The Labute approximate surface area is 75.0 Å². The molecule has 0 fully saturated rings. The number of rotatable bonds is 2. The van der Waals surface area contributed by atoms with Gasteiger partial charge in [-0.3, -0.25) is 5.01 Å². The van der Waals surface area contributed by atoms with E-state index in [2.05, 4.69) is 39.0 Å². The van der Waals surface area contributed by atoms with E-state index in [1.807, 2.05) is 11.2 Å². The van der Waals surface area contributed by atoms with E-state index in [1.165, 1.54) is 5.57 Å². The van der Waals surface area contributed by atoms with E-state index >= 15 is 0 Å². The SMILES string of the molecule is CC(C)C1=CN(C(C)C)N=CC1. The highest BCUT2D eigenvalue weighted by molar-refractivity contribution is 5.62. The molecule has 0 radical (unpaired) electrons. The summed E-state index contributed by atoms with van der Waals surface area (Å²) >= 11 is 0. The number of hydrogen-bond acceptors (Lipinski definition) is 2. The molecular weight excluding hydrogens is 148 g/mol. The van der Waals surface area contributed by atoms with Gasteiger partial charge in [0.15, 0.2) is 0 Å². The second-order valence-electron chi connectivity index (χ2n) is 3.83. The van der Waals surface area contributed by atoms with Gasteiger partial charge in [0, 0.05) is 24.9 Å². The average Bonchev–Trinajstić information content (AvgIpc) is 2.04. The molecule has 0 unspecified atom stereocenters. The summed E-state index contributed by atoms with van der Waals surface area (Å²) in [6, 6.07) is 0.468. The first-order chi connectivity index (χ1) is 5.61. The second-order valence-corrected chi connectivity index (χ2v) is 3.83. The molecule has 0 aromatic carbocycles. The van der Waals surface area contributed by atoms with E-state index in [4.69, 9.17) is 0 Å². The van der Waals surface area contributed by atoms with Gasteiger partial charge in [-0.15, -0.1) is 0 Å². The van der Waals surface area contributed by atoms with Crippen LogP contribution in [0, 0.1) is 5.92 Å². The molecule has 12 heavy (non-hydrogen) atoms. The number of hydrogen-bond donors (Lipinski definition) is 0. The van der Waals surface area contributed by atoms with Gasteiger partial charge in [0.25, 0.3) is 0 Å². The van der Waals surface area contributed by atoms with Gasteiger partial charge in [-0.2, -0.15) is 5.10 Å². The van der Waals surface area contributed by atoms with E-state index in [1.54, 1.807) is 0 Å². The van der Waals surface area contributed by atoms with Crippen molar-refractivity contribution in [1.82, 2.24) is 5.01 Å². The zero-order chi connectivity index (χ0) is 9.14. The molecule has 0 aliphatic carbocycles. The van der Waals surface area contributed by atoms with Crippen molar-refractivity contribution in [1.29, 1.82) is 0 Å². The minimum Gasteiger partial charge on any atom is -0.271 e. The maximum absolute atomic E-state index is 4.29. The quantitative estimate of drug-likeness (QED) is 0.615. The molecule has 0 atom stereocenters. The van der Waals surface area contributed by atoms with E-state index < -0.39 is 0 Å². The Morgan fingerprint density at radius 3 is 2.50 bits per heavy atom. The van der Waals surface area contributed by atoms with Crippen LogP contribution in [0.2, 0.25) is 0 Å². The lowest BCUT2D eigenvalue weighted by molar-refractivity contribution is 0.318. The topological polar surface area (TPSA) is 15.6 Å². The highest BCUT2D eigenvalue weighted by Crippen LogP contribution is 2.18. The molecule has 0 bridgehead atoms. The van der Waals surface area contributed by atoms with Crippen molar-refractivity contribution in [3.8, 4) is 0 Å². The Kier molecular flexibility index (Phi) is 2.90. The summed E-state index contributed by atoms with van der Waals surface area (Å²) in [6.45, 7) is 8.75. The maximum atomic E-state index is 4.29. The van der Waals surface area contributed by atoms with Crippen LogP contribution < -0.4 is 0 Å². The zero-order valence-corrected chi connectivity index (χ0v) is 8.41. The fourth-order valence-electron chi connectivity index (χ4n) is 1.16. The van der Waals surface area contributed by atoms with Crippen LogP contribution in [0.15, 0.2) is 16.9 Å². The predicted octanol–water partition coefficient (Wildman–Crippen LogP) is 2.63. The molecule has 0 aromatic rings. The van der Waals surface area contributed by atoms with Gasteiger partial charge in [0.2, 0.25) is 0 Å². The molecule has 0 saturated carbocycles. The van der Waals surface area contributed by atoms with Crippen molar-refractivity contribution in [2.45, 2.75) is 40.2 Å². The molecule has 0 aromatic heterocycles. The third kappa shape index (κ3) is 2.10. The fourth-order valence-corrected chi connectivity index (χ4v) is 1.16. The Morgan fingerprint density at radius 1 is 1.33 bits per heavy atom. The summed E-state index contributed by atoms with van der Waals surface area (Å²) in [7, 11) is 0. The van der Waals surface area contributed by atoms with Gasteiger partial charge in [-0.25, -0.2) is 0 Å². The lowest BCUT2D eigenvalue weighted by Crippen LogP contribution is -2.23. The molecule has 0 amide bonds. The van der Waals surface area contributed by atoms with Gasteiger partial charge in [0.1, 0.15) is 0 Å². The highest BCUT2D eigenvalue weighted by atomic mass is 15.5. The molecule has 0 saturated heterocycles. The van der Waals surface area contributed by atoms with Crippen molar-refractivity contribution < 1.29 is 0 Å². The predicted molar refractivity (Wildman–Crippen MR) is 53.0 cm³/mol. The number of allylic oxidation sites excluding steroid dienone is 1. The van der Waals surface area contributed by atoms with Crippen LogP contribution in [0.25, 0.3) is 0 Å². The standard InChI is InChI=1S/C10H18N2/c1-8(2)10-5-6-11-12(7-10)9(3)4/h6-9H,5H2,1-4H3. The van der Waals surface area contributed by atoms with Gasteiger partial charge in [-0.05, 0) is 25.3 Å². The van der Waals surface area contributed by atoms with Crippen LogP contribution >= 0.6 is 0 Å². The lowest BCUT2D eigenvalue weighted by atomic mass is 10.0. The van der Waals surface area contributed by atoms with Crippen molar-refractivity contribution in [2.75, 3.05) is 0 Å². The molecule has 0 spiro atoms. The minimum absolute atomic E-state index is 0.468. The monoisotopic (exact) mass is 166 g/mol. The Morgan fingerprint density at radius 2 is 2.00 bits per heavy atom. The second kappa shape index (κ2) is 3.74. The van der Waals surface area contributed by atoms with Crippen molar-refractivity contribution >= 4 is 6.21 Å². The van der Waals surface area contributed by atoms with Crippen molar-refractivity contribution in [3.63, 3.8) is 0 Å². The number of hydrazone groups is 1. The largest absolute Gasteiger partial charge is 0.271 e. The van der Waals surface area contributed by atoms with E-state index in [0.717, 1.165) is 6.42 Å². The molecular formula is C10H18N2. The third-order valence-electron chi connectivity index (χ3n) is 2.11. The first-order valence-corrected chi connectivity index (χ1v) is 4.62. The Hall–Kier alpha value is -0.790. The molecule has 68 valence electrons. The van der Waals surface area contributed by atoms with Crippen LogP contribution in [0.1, 0.15) is 34.1 Å². The Bertz CT molecular complexity index is 202. The number of nitrogens with zero attached hydrogens (tertiary/aromatic N) is 2. The van der Waals surface area contributed by atoms with Crippen molar-refractivity contribution in [2.24, 2.45) is 11.0 Å². The highest BCUT2D eigenvalue weighted by Gasteiger charge is 2.11. The minimum atomic E-state index is 0.468. The van der Waals surface area contributed by atoms with Crippen LogP contribution in [-0.4, -0.2) is 17.3 Å². The van der Waals surface area contributed by atoms with Gasteiger partial charge >= 0.3 is 0 Å². The lowest BCUT2D eigenvalue weighted by Gasteiger charge is -2.25. The molecule has 2 nitrogen and oxygen atoms in total. The van der Waals surface area contributed by atoms with Gasteiger partial charge < -0.3 is 0 Å². The molecule has 0 N–H and O–H groups in total. The van der Waals surface area contributed by atoms with Gasteiger partial charge in [-0.1, -0.05) is 13.8 Å². The van der Waals surface area contributed by atoms with Crippen molar-refractivity contribution in [3.05, 3.63) is 11.8 Å². The molecule has 1 heterocycles. The summed E-state index contributed by atoms with van der Waals surface area (Å²) in [5, 5.41) is 6.32. The van der Waals surface area contributed by atoms with Crippen LogP contribution in [-0.2, 0) is 0 Å². The third-order valence-corrected chi connectivity index (χ3v) is 2.11. The van der Waals surface area contributed by atoms with E-state index in [0.29, 0.717) is 12.0 Å². The molecule has 1 rings (SSSR count). The molecule has 1 aliphatic heterocycles. The van der Waals surface area contributed by atoms with E-state index in [9.17, 15) is 0 Å². The van der Waals surface area contributed by atoms with Crippen LogP contribution in [0.5, 0.6) is 0 Å². The summed E-state index contributed by atoms with van der Waals surface area (Å²) in [5.74, 6) is 0.637. The Balaban J connectivity index is 2.68. The van der Waals surface area contributed by atoms with Crippen LogP contribution in [0.3, 0.4) is 0 Å². The summed E-state index contributed by atoms with van der Waals surface area (Å²) < 4.78 is 0. The zero-order valence-electron chi connectivity index (χ0n) is 8.41. The summed E-state index contributed by atoms with van der Waals surface area (Å²) in [6.07, 6.45) is 5.19. The smallest absolute Gasteiger partial charge is 0.0462 e. The first kappa shape index (κ1) is 9.30. The summed E-state index contributed by atoms with van der Waals surface area (Å²) in [4.78, 5) is 0. The fraction of sp³-hybridized carbons (Fsp3) is 0.700. The van der Waals surface area contributed by atoms with Crippen LogP contribution in [0.4, 0.5) is 0 Å². The average molecular weight is 166 g/mol. The maximum Gasteiger partial charge on any atom is 0.0462 e. The summed E-state index contributed by atoms with van der Waals surface area (Å²) in [5.41, 5.74) is 1.47.